The highest BCUT2D eigenvalue weighted by Crippen LogP contribution is 2.16. The molecule has 7 aromatic carbocycles. The van der Waals surface area contributed by atoms with Crippen molar-refractivity contribution in [3.63, 3.8) is 0 Å². The Morgan fingerprint density at radius 2 is 0.596 bits per heavy atom. The molecule has 0 heterocycles. The first-order valence-corrected chi connectivity index (χ1v) is 16.7. The monoisotopic (exact) mass is 656 g/mol. The maximum atomic E-state index is 11.4. The van der Waals surface area contributed by atoms with E-state index in [0.29, 0.717) is 11.1 Å². The van der Waals surface area contributed by atoms with Crippen molar-refractivity contribution < 1.29 is 4.79 Å². The SMILES string of the molecule is O=Cc1ccccc1C#Cc1ccccc1C#Cc1ccccc1C#Cc1ccccc1C#Cc1ccccc1C#Cc1ccc2ccccc2c1. The highest BCUT2D eigenvalue weighted by Gasteiger charge is 2.02. The van der Waals surface area contributed by atoms with Crippen molar-refractivity contribution in [2.75, 3.05) is 0 Å². The molecule has 0 radical (unpaired) electrons. The molecule has 0 aliphatic carbocycles. The Kier molecular flexibility index (Phi) is 10.2. The van der Waals surface area contributed by atoms with Crippen LogP contribution in [0.15, 0.2) is 164 Å². The van der Waals surface area contributed by atoms with Crippen LogP contribution in [-0.4, -0.2) is 6.29 Å². The van der Waals surface area contributed by atoms with Gasteiger partial charge in [-0.3, -0.25) is 4.79 Å². The summed E-state index contributed by atoms with van der Waals surface area (Å²) in [6.45, 7) is 0. The van der Waals surface area contributed by atoms with Gasteiger partial charge >= 0.3 is 0 Å². The fourth-order valence-electron chi connectivity index (χ4n) is 5.46. The number of benzene rings is 7. The second kappa shape index (κ2) is 16.1. The molecule has 0 aromatic heterocycles. The molecule has 0 aliphatic heterocycles. The van der Waals surface area contributed by atoms with Gasteiger partial charge in [0.2, 0.25) is 0 Å². The minimum Gasteiger partial charge on any atom is -0.298 e. The largest absolute Gasteiger partial charge is 0.298 e. The van der Waals surface area contributed by atoms with Gasteiger partial charge in [0.15, 0.2) is 6.29 Å². The van der Waals surface area contributed by atoms with E-state index in [4.69, 9.17) is 0 Å². The van der Waals surface area contributed by atoms with Crippen LogP contribution >= 0.6 is 0 Å². The molecule has 0 unspecified atom stereocenters. The maximum absolute atomic E-state index is 11.4. The van der Waals surface area contributed by atoms with Crippen molar-refractivity contribution in [1.82, 2.24) is 0 Å². The Morgan fingerprint density at radius 1 is 0.288 bits per heavy atom. The third-order valence-corrected chi connectivity index (χ3v) is 8.21. The predicted molar refractivity (Wildman–Crippen MR) is 211 cm³/mol. The Morgan fingerprint density at radius 3 is 1.00 bits per heavy atom. The van der Waals surface area contributed by atoms with E-state index in [2.05, 4.69) is 89.5 Å². The van der Waals surface area contributed by atoms with Crippen LogP contribution in [0.2, 0.25) is 0 Å². The molecule has 7 aromatic rings. The summed E-state index contributed by atoms with van der Waals surface area (Å²) < 4.78 is 0. The summed E-state index contributed by atoms with van der Waals surface area (Å²) in [5.74, 6) is 32.9. The molecule has 0 N–H and O–H groups in total. The lowest BCUT2D eigenvalue weighted by Gasteiger charge is -1.99. The first kappa shape index (κ1) is 32.8. The topological polar surface area (TPSA) is 17.1 Å². The molecular formula is C51H28O. The average Bonchev–Trinajstić information content (AvgIpc) is 3.21. The fraction of sp³-hybridized carbons (Fsp3) is 0. The van der Waals surface area contributed by atoms with Gasteiger partial charge in [0.1, 0.15) is 0 Å². The van der Waals surface area contributed by atoms with E-state index in [1.54, 1.807) is 6.07 Å². The first-order valence-electron chi connectivity index (χ1n) is 16.7. The van der Waals surface area contributed by atoms with E-state index in [0.717, 1.165) is 56.4 Å². The van der Waals surface area contributed by atoms with Gasteiger partial charge in [-0.25, -0.2) is 0 Å². The second-order valence-electron chi connectivity index (χ2n) is 11.7. The number of carbonyl (C=O) groups is 1. The van der Waals surface area contributed by atoms with Crippen molar-refractivity contribution in [2.45, 2.75) is 0 Å². The van der Waals surface area contributed by atoms with E-state index in [1.807, 2.05) is 127 Å². The highest BCUT2D eigenvalue weighted by atomic mass is 16.1. The summed E-state index contributed by atoms with van der Waals surface area (Å²) in [7, 11) is 0. The first-order chi connectivity index (χ1) is 25.7. The summed E-state index contributed by atoms with van der Waals surface area (Å²) in [6.07, 6.45) is 0.822. The van der Waals surface area contributed by atoms with E-state index in [-0.39, 0.29) is 0 Å². The summed E-state index contributed by atoms with van der Waals surface area (Å²) >= 11 is 0. The van der Waals surface area contributed by atoms with Crippen molar-refractivity contribution >= 4 is 17.1 Å². The van der Waals surface area contributed by atoms with Gasteiger partial charge in [-0.1, -0.05) is 156 Å². The molecule has 0 saturated carbocycles. The summed E-state index contributed by atoms with van der Waals surface area (Å²) in [6, 6.07) is 53.3. The molecule has 0 saturated heterocycles. The van der Waals surface area contributed by atoms with Crippen LogP contribution in [0.1, 0.15) is 66.0 Å². The normalized spacial score (nSPS) is 9.62. The van der Waals surface area contributed by atoms with Crippen LogP contribution in [-0.2, 0) is 0 Å². The lowest BCUT2D eigenvalue weighted by Crippen LogP contribution is -1.88. The zero-order chi connectivity index (χ0) is 35.4. The molecule has 0 aliphatic rings. The zero-order valence-electron chi connectivity index (χ0n) is 28.1. The lowest BCUT2D eigenvalue weighted by molar-refractivity contribution is 0.112. The Bertz CT molecular complexity index is 2790. The minimum absolute atomic E-state index is 0.561. The fourth-order valence-corrected chi connectivity index (χ4v) is 5.46. The second-order valence-corrected chi connectivity index (χ2v) is 11.7. The summed E-state index contributed by atoms with van der Waals surface area (Å²) in [4.78, 5) is 11.4. The maximum Gasteiger partial charge on any atom is 0.151 e. The molecule has 7 rings (SSSR count). The third kappa shape index (κ3) is 8.10. The predicted octanol–water partition coefficient (Wildman–Crippen LogP) is 9.65. The Hall–Kier alpha value is -7.73. The van der Waals surface area contributed by atoms with Crippen LogP contribution in [0.25, 0.3) is 10.8 Å². The summed E-state index contributed by atoms with van der Waals surface area (Å²) in [5.41, 5.74) is 8.80. The van der Waals surface area contributed by atoms with Crippen LogP contribution in [0.4, 0.5) is 0 Å². The standard InChI is InChI=1S/C51H28O/c52-38-51-24-12-10-22-49(51)36-35-47-20-8-7-19-46(47)34-33-45-18-6-5-17-44(45)32-31-43-16-4-3-15-42(43)30-29-41-14-2-1-13-40(41)27-25-39-26-28-48-21-9-11-23-50(48)37-39/h1-24,26,28,37-38H. The number of hydrogen-bond acceptors (Lipinski definition) is 1. The van der Waals surface area contributed by atoms with Gasteiger partial charge in [-0.15, -0.1) is 0 Å². The van der Waals surface area contributed by atoms with Crippen LogP contribution < -0.4 is 0 Å². The Balaban J connectivity index is 1.15. The average molecular weight is 657 g/mol. The molecule has 0 amide bonds. The molecule has 1 nitrogen and oxygen atoms in total. The smallest absolute Gasteiger partial charge is 0.151 e. The molecular weight excluding hydrogens is 629 g/mol. The van der Waals surface area contributed by atoms with Crippen molar-refractivity contribution in [1.29, 1.82) is 0 Å². The molecule has 238 valence electrons. The molecule has 0 atom stereocenters. The van der Waals surface area contributed by atoms with E-state index in [1.165, 1.54) is 10.8 Å². The number of carbonyl (C=O) groups excluding carboxylic acids is 1. The minimum atomic E-state index is 0.561. The van der Waals surface area contributed by atoms with E-state index in [9.17, 15) is 4.79 Å². The molecule has 52 heavy (non-hydrogen) atoms. The number of rotatable bonds is 1. The zero-order valence-corrected chi connectivity index (χ0v) is 28.1. The van der Waals surface area contributed by atoms with Crippen LogP contribution in [0, 0.1) is 59.2 Å². The number of aldehydes is 1. The molecule has 0 bridgehead atoms. The Labute approximate surface area is 305 Å². The lowest BCUT2D eigenvalue weighted by atomic mass is 10.0. The van der Waals surface area contributed by atoms with Crippen molar-refractivity contribution in [2.24, 2.45) is 0 Å². The van der Waals surface area contributed by atoms with Gasteiger partial charge < -0.3 is 0 Å². The molecule has 0 fully saturated rings. The van der Waals surface area contributed by atoms with Gasteiger partial charge in [-0.2, -0.15) is 0 Å². The highest BCUT2D eigenvalue weighted by molar-refractivity contribution is 5.84. The van der Waals surface area contributed by atoms with Gasteiger partial charge in [0.25, 0.3) is 0 Å². The van der Waals surface area contributed by atoms with Crippen molar-refractivity contribution in [3.05, 3.63) is 225 Å². The number of fused-ring (bicyclic) bond motifs is 1. The molecule has 0 spiro atoms. The van der Waals surface area contributed by atoms with E-state index < -0.39 is 0 Å². The molecule has 1 heteroatoms. The quantitative estimate of drug-likeness (QED) is 0.127. The summed E-state index contributed by atoms with van der Waals surface area (Å²) in [5, 5.41) is 2.36. The number of hydrogen-bond donors (Lipinski definition) is 0. The van der Waals surface area contributed by atoms with Gasteiger partial charge in [-0.05, 0) is 77.5 Å². The van der Waals surface area contributed by atoms with Crippen LogP contribution in [0.5, 0.6) is 0 Å². The van der Waals surface area contributed by atoms with E-state index >= 15 is 0 Å². The third-order valence-electron chi connectivity index (χ3n) is 8.21. The van der Waals surface area contributed by atoms with Crippen molar-refractivity contribution in [3.8, 4) is 59.2 Å². The van der Waals surface area contributed by atoms with Gasteiger partial charge in [0.05, 0.1) is 0 Å². The van der Waals surface area contributed by atoms with Crippen LogP contribution in [0.3, 0.4) is 0 Å². The van der Waals surface area contributed by atoms with Gasteiger partial charge in [0, 0.05) is 61.2 Å².